The molecule has 2 aromatic rings. The molecule has 0 atom stereocenters. The molecule has 2 N–H and O–H groups in total. The second-order valence-electron chi connectivity index (χ2n) is 4.19. The molecule has 0 spiro atoms. The first kappa shape index (κ1) is 13.6. The molecule has 2 rings (SSSR count). The van der Waals surface area contributed by atoms with Gasteiger partial charge in [-0.3, -0.25) is 4.79 Å². The first-order chi connectivity index (χ1) is 9.70. The quantitative estimate of drug-likeness (QED) is 0.881. The predicted octanol–water partition coefficient (Wildman–Crippen LogP) is 1.63. The maximum Gasteiger partial charge on any atom is 0.273 e. The van der Waals surface area contributed by atoms with Gasteiger partial charge in [0.15, 0.2) is 5.69 Å². The maximum atomic E-state index is 11.8. The highest BCUT2D eigenvalue weighted by atomic mass is 16.3. The van der Waals surface area contributed by atoms with Gasteiger partial charge in [0.1, 0.15) is 5.75 Å². The molecule has 1 aromatic heterocycles. The lowest BCUT2D eigenvalue weighted by molar-refractivity contribution is 0.0946. The number of nitrogens with zero attached hydrogens (tertiary/aromatic N) is 2. The molecule has 0 fully saturated rings. The van der Waals surface area contributed by atoms with Crippen LogP contribution in [0, 0.1) is 11.3 Å². The van der Waals surface area contributed by atoms with E-state index in [1.807, 2.05) is 12.1 Å². The van der Waals surface area contributed by atoms with E-state index in [1.54, 1.807) is 18.2 Å². The highest BCUT2D eigenvalue weighted by molar-refractivity contribution is 5.94. The zero-order valence-electron chi connectivity index (χ0n) is 10.7. The number of benzene rings is 1. The Hall–Kier alpha value is -2.87. The Kier molecular flexibility index (Phi) is 4.30. The lowest BCUT2D eigenvalue weighted by Gasteiger charge is -2.06. The normalized spacial score (nSPS) is 9.75. The van der Waals surface area contributed by atoms with Crippen molar-refractivity contribution in [3.05, 3.63) is 59.4 Å². The van der Waals surface area contributed by atoms with Gasteiger partial charge in [-0.25, -0.2) is 4.98 Å². The summed E-state index contributed by atoms with van der Waals surface area (Å²) in [6, 6.07) is 12.2. The van der Waals surface area contributed by atoms with Gasteiger partial charge >= 0.3 is 0 Å². The zero-order valence-corrected chi connectivity index (χ0v) is 10.7. The summed E-state index contributed by atoms with van der Waals surface area (Å²) in [4.78, 5) is 15.6. The summed E-state index contributed by atoms with van der Waals surface area (Å²) in [5.74, 6) is -0.542. The van der Waals surface area contributed by atoms with Gasteiger partial charge in [-0.05, 0) is 36.2 Å². The SMILES string of the molecule is N#Cc1ccc(CCNC(=O)c2ncccc2O)cc1. The molecule has 0 aliphatic carbocycles. The van der Waals surface area contributed by atoms with Crippen LogP contribution in [-0.4, -0.2) is 22.5 Å². The fraction of sp³-hybridized carbons (Fsp3) is 0.133. The number of carbonyl (C=O) groups excluding carboxylic acids is 1. The third kappa shape index (κ3) is 3.33. The van der Waals surface area contributed by atoms with E-state index < -0.39 is 5.91 Å². The Balaban J connectivity index is 1.88. The van der Waals surface area contributed by atoms with Crippen LogP contribution in [0.15, 0.2) is 42.6 Å². The van der Waals surface area contributed by atoms with Crippen LogP contribution in [0.25, 0.3) is 0 Å². The Morgan fingerprint density at radius 1 is 1.30 bits per heavy atom. The summed E-state index contributed by atoms with van der Waals surface area (Å²) in [6.45, 7) is 0.431. The van der Waals surface area contributed by atoms with E-state index >= 15 is 0 Å². The lowest BCUT2D eigenvalue weighted by atomic mass is 10.1. The summed E-state index contributed by atoms with van der Waals surface area (Å²) < 4.78 is 0. The molecule has 5 nitrogen and oxygen atoms in total. The molecule has 0 saturated heterocycles. The number of aromatic nitrogens is 1. The first-order valence-electron chi connectivity index (χ1n) is 6.12. The Morgan fingerprint density at radius 2 is 2.05 bits per heavy atom. The van der Waals surface area contributed by atoms with E-state index in [2.05, 4.69) is 16.4 Å². The van der Waals surface area contributed by atoms with E-state index in [1.165, 1.54) is 12.3 Å². The van der Waals surface area contributed by atoms with Crippen molar-refractivity contribution >= 4 is 5.91 Å². The van der Waals surface area contributed by atoms with Crippen LogP contribution in [0.5, 0.6) is 5.75 Å². The third-order valence-electron chi connectivity index (χ3n) is 2.78. The van der Waals surface area contributed by atoms with Gasteiger partial charge in [-0.2, -0.15) is 5.26 Å². The van der Waals surface area contributed by atoms with Crippen molar-refractivity contribution in [3.8, 4) is 11.8 Å². The van der Waals surface area contributed by atoms with Gasteiger partial charge in [0.2, 0.25) is 0 Å². The molecule has 100 valence electrons. The largest absolute Gasteiger partial charge is 0.505 e. The molecule has 5 heteroatoms. The molecule has 20 heavy (non-hydrogen) atoms. The van der Waals surface area contributed by atoms with Crippen LogP contribution in [0.2, 0.25) is 0 Å². The number of rotatable bonds is 4. The third-order valence-corrected chi connectivity index (χ3v) is 2.78. The number of nitriles is 1. The highest BCUT2D eigenvalue weighted by Gasteiger charge is 2.10. The molecule has 1 amide bonds. The second kappa shape index (κ2) is 6.34. The molecule has 0 unspecified atom stereocenters. The monoisotopic (exact) mass is 267 g/mol. The minimum Gasteiger partial charge on any atom is -0.505 e. The summed E-state index contributed by atoms with van der Waals surface area (Å²) in [7, 11) is 0. The van der Waals surface area contributed by atoms with Gasteiger partial charge in [0.05, 0.1) is 11.6 Å². The molecule has 0 radical (unpaired) electrons. The number of carbonyl (C=O) groups is 1. The number of amides is 1. The molecular formula is C15H13N3O2. The number of pyridine rings is 1. The van der Waals surface area contributed by atoms with Crippen molar-refractivity contribution in [2.75, 3.05) is 6.54 Å². The van der Waals surface area contributed by atoms with E-state index in [4.69, 9.17) is 5.26 Å². The fourth-order valence-corrected chi connectivity index (χ4v) is 1.72. The fourth-order valence-electron chi connectivity index (χ4n) is 1.72. The van der Waals surface area contributed by atoms with E-state index in [0.29, 0.717) is 18.5 Å². The Labute approximate surface area is 116 Å². The summed E-state index contributed by atoms with van der Waals surface area (Å²) in [6.07, 6.45) is 2.10. The molecular weight excluding hydrogens is 254 g/mol. The second-order valence-corrected chi connectivity index (χ2v) is 4.19. The van der Waals surface area contributed by atoms with Gasteiger partial charge < -0.3 is 10.4 Å². The first-order valence-corrected chi connectivity index (χ1v) is 6.12. The number of hydrogen-bond donors (Lipinski definition) is 2. The van der Waals surface area contributed by atoms with Crippen molar-refractivity contribution in [3.63, 3.8) is 0 Å². The summed E-state index contributed by atoms with van der Waals surface area (Å²) in [5.41, 5.74) is 1.65. The van der Waals surface area contributed by atoms with Gasteiger partial charge in [0.25, 0.3) is 5.91 Å². The Bertz CT molecular complexity index is 645. The molecule has 0 aliphatic rings. The van der Waals surface area contributed by atoms with Crippen LogP contribution in [0.3, 0.4) is 0 Å². The molecule has 0 aliphatic heterocycles. The minimum atomic E-state index is -0.406. The van der Waals surface area contributed by atoms with Crippen molar-refractivity contribution in [1.82, 2.24) is 10.3 Å². The van der Waals surface area contributed by atoms with Gasteiger partial charge in [-0.1, -0.05) is 12.1 Å². The van der Waals surface area contributed by atoms with Crippen molar-refractivity contribution < 1.29 is 9.90 Å². The smallest absolute Gasteiger partial charge is 0.273 e. The summed E-state index contributed by atoms with van der Waals surface area (Å²) >= 11 is 0. The van der Waals surface area contributed by atoms with Crippen LogP contribution in [0.1, 0.15) is 21.6 Å². The van der Waals surface area contributed by atoms with Gasteiger partial charge in [0, 0.05) is 12.7 Å². The highest BCUT2D eigenvalue weighted by Crippen LogP contribution is 2.12. The molecule has 0 saturated carbocycles. The Morgan fingerprint density at radius 3 is 2.70 bits per heavy atom. The van der Waals surface area contributed by atoms with E-state index in [9.17, 15) is 9.90 Å². The topological polar surface area (TPSA) is 86.0 Å². The number of aromatic hydroxyl groups is 1. The van der Waals surface area contributed by atoms with Crippen molar-refractivity contribution in [2.45, 2.75) is 6.42 Å². The van der Waals surface area contributed by atoms with E-state index in [-0.39, 0.29) is 11.4 Å². The molecule has 0 bridgehead atoms. The van der Waals surface area contributed by atoms with E-state index in [0.717, 1.165) is 5.56 Å². The molecule has 1 heterocycles. The van der Waals surface area contributed by atoms with Crippen LogP contribution < -0.4 is 5.32 Å². The molecule has 1 aromatic carbocycles. The average molecular weight is 267 g/mol. The van der Waals surface area contributed by atoms with Crippen LogP contribution in [-0.2, 0) is 6.42 Å². The zero-order chi connectivity index (χ0) is 14.4. The van der Waals surface area contributed by atoms with Gasteiger partial charge in [-0.15, -0.1) is 0 Å². The maximum absolute atomic E-state index is 11.8. The number of hydrogen-bond acceptors (Lipinski definition) is 4. The average Bonchev–Trinajstić information content (AvgIpc) is 2.48. The lowest BCUT2D eigenvalue weighted by Crippen LogP contribution is -2.26. The summed E-state index contributed by atoms with van der Waals surface area (Å²) in [5, 5.41) is 20.9. The van der Waals surface area contributed by atoms with Crippen molar-refractivity contribution in [2.24, 2.45) is 0 Å². The predicted molar refractivity (Wildman–Crippen MR) is 73.1 cm³/mol. The number of nitrogens with one attached hydrogen (secondary N) is 1. The standard InChI is InChI=1S/C15H13N3O2/c16-10-12-5-3-11(4-6-12)7-9-18-15(20)14-13(19)2-1-8-17-14/h1-6,8,19H,7,9H2,(H,18,20). The van der Waals surface area contributed by atoms with Crippen molar-refractivity contribution in [1.29, 1.82) is 5.26 Å². The minimum absolute atomic E-state index is 0.0207. The van der Waals surface area contributed by atoms with Crippen LogP contribution >= 0.6 is 0 Å². The van der Waals surface area contributed by atoms with Crippen LogP contribution in [0.4, 0.5) is 0 Å².